The van der Waals surface area contributed by atoms with Gasteiger partial charge >= 0.3 is 5.97 Å². The third-order valence-corrected chi connectivity index (χ3v) is 6.21. The Balaban J connectivity index is 1.37. The van der Waals surface area contributed by atoms with Crippen molar-refractivity contribution in [3.8, 4) is 0 Å². The summed E-state index contributed by atoms with van der Waals surface area (Å²) in [6.07, 6.45) is 6.94. The number of rotatable bonds is 4. The van der Waals surface area contributed by atoms with Crippen LogP contribution in [0.3, 0.4) is 0 Å². The highest BCUT2D eigenvalue weighted by Crippen LogP contribution is 2.33. The lowest BCUT2D eigenvalue weighted by Crippen LogP contribution is -2.50. The number of likely N-dealkylation sites (tertiary alicyclic amines) is 1. The van der Waals surface area contributed by atoms with Crippen molar-refractivity contribution in [2.45, 2.75) is 56.6 Å². The average molecular weight is 364 g/mol. The first kappa shape index (κ1) is 18.2. The van der Waals surface area contributed by atoms with Crippen LogP contribution in [0, 0.1) is 0 Å². The van der Waals surface area contributed by atoms with E-state index < -0.39 is 0 Å². The fourth-order valence-corrected chi connectivity index (χ4v) is 4.70. The van der Waals surface area contributed by atoms with Crippen LogP contribution in [-0.4, -0.2) is 36.1 Å². The summed E-state index contributed by atoms with van der Waals surface area (Å²) in [5.41, 5.74) is 2.12. The molecule has 0 amide bonds. The lowest BCUT2D eigenvalue weighted by atomic mass is 9.85. The quantitative estimate of drug-likeness (QED) is 0.713. The summed E-state index contributed by atoms with van der Waals surface area (Å²) in [6.45, 7) is 2.20. The molecule has 1 heterocycles. The molecule has 1 aliphatic heterocycles. The standard InChI is InChI=1S/C24H29NO2/c26-24(21-11-5-2-6-12-21)27-23-14-8-7-13-22(23)25-17-15-20(16-18-25)19-9-3-1-4-10-19/h1-6,9-12,20,22-23H,7-8,13-18H2/t22-,23+/m0/s1. The molecule has 0 bridgehead atoms. The molecule has 0 spiro atoms. The maximum Gasteiger partial charge on any atom is 0.338 e. The molecular formula is C24H29NO2. The molecule has 142 valence electrons. The Kier molecular flexibility index (Phi) is 5.88. The van der Waals surface area contributed by atoms with Gasteiger partial charge in [-0.05, 0) is 68.8 Å². The number of piperidine rings is 1. The van der Waals surface area contributed by atoms with Crippen molar-refractivity contribution >= 4 is 5.97 Å². The minimum atomic E-state index is -0.174. The number of esters is 1. The van der Waals surface area contributed by atoms with E-state index >= 15 is 0 Å². The Hall–Kier alpha value is -2.13. The maximum absolute atomic E-state index is 12.5. The molecule has 2 aromatic carbocycles. The second-order valence-electron chi connectivity index (χ2n) is 7.88. The molecule has 27 heavy (non-hydrogen) atoms. The van der Waals surface area contributed by atoms with Crippen LogP contribution in [0.1, 0.15) is 60.4 Å². The zero-order chi connectivity index (χ0) is 18.5. The van der Waals surface area contributed by atoms with Gasteiger partial charge in [-0.15, -0.1) is 0 Å². The average Bonchev–Trinajstić information content (AvgIpc) is 2.75. The van der Waals surface area contributed by atoms with E-state index in [2.05, 4.69) is 35.2 Å². The number of hydrogen-bond acceptors (Lipinski definition) is 3. The molecule has 0 radical (unpaired) electrons. The van der Waals surface area contributed by atoms with Crippen LogP contribution < -0.4 is 0 Å². The number of nitrogens with zero attached hydrogens (tertiary/aromatic N) is 1. The zero-order valence-corrected chi connectivity index (χ0v) is 15.9. The van der Waals surface area contributed by atoms with Crippen molar-refractivity contribution in [3.05, 3.63) is 71.8 Å². The summed E-state index contributed by atoms with van der Waals surface area (Å²) in [5, 5.41) is 0. The van der Waals surface area contributed by atoms with Crippen molar-refractivity contribution < 1.29 is 9.53 Å². The van der Waals surface area contributed by atoms with Crippen molar-refractivity contribution in [2.24, 2.45) is 0 Å². The summed E-state index contributed by atoms with van der Waals surface area (Å²) in [4.78, 5) is 15.1. The Morgan fingerprint density at radius 1 is 0.815 bits per heavy atom. The Labute approximate surface area is 162 Å². The molecule has 0 N–H and O–H groups in total. The predicted molar refractivity (Wildman–Crippen MR) is 108 cm³/mol. The van der Waals surface area contributed by atoms with Crippen LogP contribution in [0.4, 0.5) is 0 Å². The summed E-state index contributed by atoms with van der Waals surface area (Å²) in [5.74, 6) is 0.489. The minimum absolute atomic E-state index is 0.0275. The Morgan fingerprint density at radius 2 is 1.44 bits per heavy atom. The Morgan fingerprint density at radius 3 is 2.15 bits per heavy atom. The maximum atomic E-state index is 12.5. The molecular weight excluding hydrogens is 334 g/mol. The summed E-state index contributed by atoms with van der Waals surface area (Å²) >= 11 is 0. The summed E-state index contributed by atoms with van der Waals surface area (Å²) in [6, 6.07) is 20.6. The first-order valence-corrected chi connectivity index (χ1v) is 10.4. The van der Waals surface area contributed by atoms with E-state index in [1.54, 1.807) is 0 Å². The van der Waals surface area contributed by atoms with E-state index in [1.807, 2.05) is 30.3 Å². The van der Waals surface area contributed by atoms with Crippen molar-refractivity contribution in [2.75, 3.05) is 13.1 Å². The minimum Gasteiger partial charge on any atom is -0.457 e. The van der Waals surface area contributed by atoms with Crippen molar-refractivity contribution in [1.82, 2.24) is 4.90 Å². The second-order valence-corrected chi connectivity index (χ2v) is 7.88. The van der Waals surface area contributed by atoms with E-state index in [1.165, 1.54) is 24.8 Å². The molecule has 1 saturated heterocycles. The topological polar surface area (TPSA) is 29.5 Å². The smallest absolute Gasteiger partial charge is 0.338 e. The van der Waals surface area contributed by atoms with E-state index in [0.29, 0.717) is 17.5 Å². The highest BCUT2D eigenvalue weighted by molar-refractivity contribution is 5.89. The third-order valence-electron chi connectivity index (χ3n) is 6.21. The van der Waals surface area contributed by atoms with Crippen LogP contribution in [0.15, 0.2) is 60.7 Å². The highest BCUT2D eigenvalue weighted by Gasteiger charge is 2.35. The molecule has 0 aromatic heterocycles. The molecule has 1 saturated carbocycles. The van der Waals surface area contributed by atoms with Crippen molar-refractivity contribution in [1.29, 1.82) is 0 Å². The fourth-order valence-electron chi connectivity index (χ4n) is 4.70. The summed E-state index contributed by atoms with van der Waals surface area (Å²) < 4.78 is 5.97. The molecule has 3 heteroatoms. The third kappa shape index (κ3) is 4.41. The zero-order valence-electron chi connectivity index (χ0n) is 15.9. The first-order valence-electron chi connectivity index (χ1n) is 10.4. The monoisotopic (exact) mass is 363 g/mol. The molecule has 1 aliphatic carbocycles. The van der Waals surface area contributed by atoms with Gasteiger partial charge in [-0.25, -0.2) is 4.79 Å². The molecule has 2 fully saturated rings. The van der Waals surface area contributed by atoms with Gasteiger partial charge in [-0.1, -0.05) is 55.0 Å². The van der Waals surface area contributed by atoms with Gasteiger partial charge in [0.15, 0.2) is 0 Å². The van der Waals surface area contributed by atoms with Crippen LogP contribution in [0.2, 0.25) is 0 Å². The van der Waals surface area contributed by atoms with Gasteiger partial charge in [-0.3, -0.25) is 4.90 Å². The van der Waals surface area contributed by atoms with Crippen LogP contribution in [0.25, 0.3) is 0 Å². The SMILES string of the molecule is O=C(O[C@@H]1CCCC[C@@H]1N1CCC(c2ccccc2)CC1)c1ccccc1. The number of benzene rings is 2. The van der Waals surface area contributed by atoms with Gasteiger partial charge < -0.3 is 4.74 Å². The van der Waals surface area contributed by atoms with Gasteiger partial charge in [0.1, 0.15) is 6.10 Å². The van der Waals surface area contributed by atoms with E-state index in [0.717, 1.165) is 32.4 Å². The highest BCUT2D eigenvalue weighted by atomic mass is 16.5. The van der Waals surface area contributed by atoms with E-state index in [4.69, 9.17) is 4.74 Å². The van der Waals surface area contributed by atoms with Gasteiger partial charge in [-0.2, -0.15) is 0 Å². The first-order chi connectivity index (χ1) is 13.3. The second kappa shape index (κ2) is 8.71. The predicted octanol–water partition coefficient (Wildman–Crippen LogP) is 5.03. The van der Waals surface area contributed by atoms with Crippen LogP contribution in [0.5, 0.6) is 0 Å². The fraction of sp³-hybridized carbons (Fsp3) is 0.458. The number of ether oxygens (including phenoxy) is 1. The van der Waals surface area contributed by atoms with Crippen molar-refractivity contribution in [3.63, 3.8) is 0 Å². The Bertz CT molecular complexity index is 723. The van der Waals surface area contributed by atoms with E-state index in [9.17, 15) is 4.79 Å². The molecule has 3 nitrogen and oxygen atoms in total. The van der Waals surface area contributed by atoms with Gasteiger partial charge in [0.25, 0.3) is 0 Å². The lowest BCUT2D eigenvalue weighted by molar-refractivity contribution is -0.0230. The molecule has 2 aromatic rings. The number of hydrogen-bond donors (Lipinski definition) is 0. The molecule has 2 atom stereocenters. The van der Waals surface area contributed by atoms with Crippen LogP contribution in [-0.2, 0) is 4.74 Å². The molecule has 0 unspecified atom stereocenters. The van der Waals surface area contributed by atoms with E-state index in [-0.39, 0.29) is 12.1 Å². The lowest BCUT2D eigenvalue weighted by Gasteiger charge is -2.42. The molecule has 4 rings (SSSR count). The normalized spacial score (nSPS) is 24.4. The van der Waals surface area contributed by atoms with Gasteiger partial charge in [0.2, 0.25) is 0 Å². The van der Waals surface area contributed by atoms with Gasteiger partial charge in [0, 0.05) is 6.04 Å². The van der Waals surface area contributed by atoms with Crippen LogP contribution >= 0.6 is 0 Å². The number of carbonyl (C=O) groups excluding carboxylic acids is 1. The summed E-state index contributed by atoms with van der Waals surface area (Å²) in [7, 11) is 0. The molecule has 2 aliphatic rings. The largest absolute Gasteiger partial charge is 0.457 e. The number of carbonyl (C=O) groups is 1. The van der Waals surface area contributed by atoms with Gasteiger partial charge in [0.05, 0.1) is 5.56 Å².